The van der Waals surface area contributed by atoms with Crippen molar-refractivity contribution in [2.24, 2.45) is 0 Å². The fourth-order valence-electron chi connectivity index (χ4n) is 2.38. The molecule has 2 N–H and O–H groups in total. The van der Waals surface area contributed by atoms with Crippen molar-refractivity contribution in [2.45, 2.75) is 23.7 Å². The first-order valence-electron chi connectivity index (χ1n) is 5.94. The second kappa shape index (κ2) is 5.05. The van der Waals surface area contributed by atoms with Crippen molar-refractivity contribution < 1.29 is 22.3 Å². The number of hydrogen-bond donors (Lipinski definition) is 2. The van der Waals surface area contributed by atoms with Gasteiger partial charge in [-0.15, -0.1) is 0 Å². The number of sulfone groups is 1. The van der Waals surface area contributed by atoms with Gasteiger partial charge in [-0.1, -0.05) is 0 Å². The zero-order valence-corrected chi connectivity index (χ0v) is 11.2. The van der Waals surface area contributed by atoms with Crippen molar-refractivity contribution in [2.75, 3.05) is 19.3 Å². The van der Waals surface area contributed by atoms with Gasteiger partial charge in [-0.3, -0.25) is 0 Å². The third-order valence-electron chi connectivity index (χ3n) is 3.29. The molecule has 1 saturated heterocycles. The molecule has 1 heterocycles. The summed E-state index contributed by atoms with van der Waals surface area (Å²) in [7, 11) is -4.06. The summed E-state index contributed by atoms with van der Waals surface area (Å²) in [5, 5.41) is 12.9. The predicted octanol–water partition coefficient (Wildman–Crippen LogP) is 1.54. The summed E-state index contributed by atoms with van der Waals surface area (Å²) < 4.78 is 50.3. The minimum atomic E-state index is -4.06. The Bertz CT molecular complexity index is 595. The summed E-state index contributed by atoms with van der Waals surface area (Å²) in [6.45, 7) is 1.33. The molecule has 4 nitrogen and oxygen atoms in total. The molecule has 0 aromatic heterocycles. The Labute approximate surface area is 110 Å². The lowest BCUT2D eigenvalue weighted by atomic mass is 9.91. The van der Waals surface area contributed by atoms with Crippen LogP contribution in [-0.2, 0) is 9.84 Å². The Kier molecular flexibility index (Phi) is 3.78. The molecule has 1 fully saturated rings. The molecule has 0 amide bonds. The number of nitrogens with one attached hydrogen (secondary N) is 1. The number of rotatable bonds is 2. The highest BCUT2D eigenvalue weighted by Crippen LogP contribution is 2.36. The van der Waals surface area contributed by atoms with Crippen LogP contribution >= 0.6 is 0 Å². The predicted molar refractivity (Wildman–Crippen MR) is 66.0 cm³/mol. The van der Waals surface area contributed by atoms with E-state index in [4.69, 9.17) is 0 Å². The molecule has 1 atom stereocenters. The van der Waals surface area contributed by atoms with Crippen LogP contribution in [0.5, 0.6) is 5.75 Å². The first-order chi connectivity index (χ1) is 8.82. The van der Waals surface area contributed by atoms with Gasteiger partial charge in [0.1, 0.15) is 10.7 Å². The summed E-state index contributed by atoms with van der Waals surface area (Å²) >= 11 is 0. The van der Waals surface area contributed by atoms with Gasteiger partial charge in [0.25, 0.3) is 0 Å². The first-order valence-corrected chi connectivity index (χ1v) is 7.83. The van der Waals surface area contributed by atoms with Crippen LogP contribution in [0.4, 0.5) is 8.78 Å². The van der Waals surface area contributed by atoms with E-state index in [0.29, 0.717) is 19.2 Å². The molecule has 1 unspecified atom stereocenters. The highest BCUT2D eigenvalue weighted by Gasteiger charge is 2.28. The molecule has 7 heteroatoms. The molecule has 0 aliphatic carbocycles. The molecule has 0 spiro atoms. The van der Waals surface area contributed by atoms with Crippen molar-refractivity contribution in [1.82, 2.24) is 5.32 Å². The lowest BCUT2D eigenvalue weighted by Gasteiger charge is -2.24. The molecule has 1 aromatic carbocycles. The van der Waals surface area contributed by atoms with Crippen LogP contribution in [0.3, 0.4) is 0 Å². The second-order valence-corrected chi connectivity index (χ2v) is 6.71. The quantitative estimate of drug-likeness (QED) is 0.867. The molecular weight excluding hydrogens is 276 g/mol. The summed E-state index contributed by atoms with van der Waals surface area (Å²) in [5.41, 5.74) is 0.120. The molecule has 0 radical (unpaired) electrons. The summed E-state index contributed by atoms with van der Waals surface area (Å²) in [4.78, 5) is -1.07. The molecule has 1 aromatic rings. The number of aromatic hydroxyl groups is 1. The first kappa shape index (κ1) is 14.2. The van der Waals surface area contributed by atoms with Crippen LogP contribution in [0.25, 0.3) is 0 Å². The van der Waals surface area contributed by atoms with Gasteiger partial charge >= 0.3 is 0 Å². The van der Waals surface area contributed by atoms with E-state index in [1.54, 1.807) is 0 Å². The summed E-state index contributed by atoms with van der Waals surface area (Å²) in [5.74, 6) is -3.54. The Hall–Kier alpha value is -1.21. The van der Waals surface area contributed by atoms with Gasteiger partial charge in [-0.05, 0) is 25.5 Å². The van der Waals surface area contributed by atoms with E-state index in [0.717, 1.165) is 19.0 Å². The number of benzene rings is 1. The minimum Gasteiger partial charge on any atom is -0.505 e. The Morgan fingerprint density at radius 2 is 2.11 bits per heavy atom. The van der Waals surface area contributed by atoms with Crippen LogP contribution in [0.2, 0.25) is 0 Å². The van der Waals surface area contributed by atoms with Gasteiger partial charge in [-0.25, -0.2) is 17.2 Å². The fraction of sp³-hybridized carbons (Fsp3) is 0.500. The van der Waals surface area contributed by atoms with Gasteiger partial charge in [0.05, 0.1) is 0 Å². The van der Waals surface area contributed by atoms with Gasteiger partial charge < -0.3 is 10.4 Å². The van der Waals surface area contributed by atoms with E-state index >= 15 is 0 Å². The molecule has 0 bridgehead atoms. The molecular formula is C12H15F2NO3S. The Morgan fingerprint density at radius 3 is 2.63 bits per heavy atom. The van der Waals surface area contributed by atoms with Crippen LogP contribution < -0.4 is 5.32 Å². The largest absolute Gasteiger partial charge is 0.505 e. The smallest absolute Gasteiger partial charge is 0.186 e. The zero-order valence-electron chi connectivity index (χ0n) is 10.4. The van der Waals surface area contributed by atoms with Gasteiger partial charge in [0.15, 0.2) is 21.4 Å². The van der Waals surface area contributed by atoms with E-state index in [2.05, 4.69) is 5.32 Å². The third-order valence-corrected chi connectivity index (χ3v) is 4.40. The molecule has 0 saturated carbocycles. The normalized spacial score (nSPS) is 20.5. The van der Waals surface area contributed by atoms with Crippen molar-refractivity contribution in [3.8, 4) is 5.75 Å². The molecule has 19 heavy (non-hydrogen) atoms. The maximum absolute atomic E-state index is 13.9. The number of phenols is 1. The molecule has 1 aliphatic rings. The van der Waals surface area contributed by atoms with Gasteiger partial charge in [0.2, 0.25) is 0 Å². The van der Waals surface area contributed by atoms with Gasteiger partial charge in [-0.2, -0.15) is 0 Å². The minimum absolute atomic E-state index is 0.120. The maximum Gasteiger partial charge on any atom is 0.186 e. The maximum atomic E-state index is 13.9. The molecule has 2 rings (SSSR count). The molecule has 1 aliphatic heterocycles. The highest BCUT2D eigenvalue weighted by atomic mass is 32.2. The van der Waals surface area contributed by atoms with E-state index in [1.807, 2.05) is 0 Å². The highest BCUT2D eigenvalue weighted by molar-refractivity contribution is 7.90. The lowest BCUT2D eigenvalue weighted by Crippen LogP contribution is -2.28. The standard InChI is InChI=1S/C12H15F2NO3S/c1-19(17,18)12-9(13)5-8(11(16)10(12)14)7-3-2-4-15-6-7/h5,7,15-16H,2-4,6H2,1H3. The Morgan fingerprint density at radius 1 is 1.42 bits per heavy atom. The van der Waals surface area contributed by atoms with Crippen LogP contribution in [0.1, 0.15) is 24.3 Å². The second-order valence-electron chi connectivity index (χ2n) is 4.75. The lowest BCUT2D eigenvalue weighted by molar-refractivity contribution is 0.385. The van der Waals surface area contributed by atoms with E-state index in [1.165, 1.54) is 0 Å². The fourth-order valence-corrected chi connectivity index (χ4v) is 3.21. The SMILES string of the molecule is CS(=O)(=O)c1c(F)cc(C2CCCNC2)c(O)c1F. The van der Waals surface area contributed by atoms with Crippen molar-refractivity contribution >= 4 is 9.84 Å². The topological polar surface area (TPSA) is 66.4 Å². The van der Waals surface area contributed by atoms with Gasteiger partial charge in [0, 0.05) is 24.3 Å². The average Bonchev–Trinajstić information content (AvgIpc) is 2.33. The summed E-state index contributed by atoms with van der Waals surface area (Å²) in [6.07, 6.45) is 2.23. The Balaban J connectivity index is 2.54. The zero-order chi connectivity index (χ0) is 14.2. The van der Waals surface area contributed by atoms with Crippen molar-refractivity contribution in [3.05, 3.63) is 23.3 Å². The van der Waals surface area contributed by atoms with Crippen molar-refractivity contribution in [3.63, 3.8) is 0 Å². The van der Waals surface area contributed by atoms with Crippen LogP contribution in [-0.4, -0.2) is 32.9 Å². The molecule has 106 valence electrons. The average molecular weight is 291 g/mol. The third kappa shape index (κ3) is 2.71. The van der Waals surface area contributed by atoms with E-state index in [9.17, 15) is 22.3 Å². The number of hydrogen-bond acceptors (Lipinski definition) is 4. The monoisotopic (exact) mass is 291 g/mol. The number of phenolic OH excluding ortho intramolecular Hbond substituents is 1. The van der Waals surface area contributed by atoms with E-state index in [-0.39, 0.29) is 11.5 Å². The van der Waals surface area contributed by atoms with Crippen LogP contribution in [0.15, 0.2) is 11.0 Å². The number of halogens is 2. The summed E-state index contributed by atoms with van der Waals surface area (Å²) in [6, 6.07) is 0.923. The number of piperidine rings is 1. The van der Waals surface area contributed by atoms with Crippen molar-refractivity contribution in [1.29, 1.82) is 0 Å². The van der Waals surface area contributed by atoms with E-state index < -0.39 is 32.1 Å². The van der Waals surface area contributed by atoms with Crippen LogP contribution in [0, 0.1) is 11.6 Å².